The van der Waals surface area contributed by atoms with Crippen LogP contribution in [0.5, 0.6) is 23.0 Å². The van der Waals surface area contributed by atoms with Gasteiger partial charge in [0.25, 0.3) is 5.78 Å². The van der Waals surface area contributed by atoms with Crippen molar-refractivity contribution in [2.24, 2.45) is 0 Å². The van der Waals surface area contributed by atoms with Crippen molar-refractivity contribution < 1.29 is 33.6 Å². The zero-order chi connectivity index (χ0) is 31.7. The van der Waals surface area contributed by atoms with Crippen molar-refractivity contribution in [2.75, 3.05) is 24.7 Å². The number of carbonyl (C=O) groups excluding carboxylic acids is 2. The van der Waals surface area contributed by atoms with Crippen LogP contribution in [0.3, 0.4) is 0 Å². The molecular weight excluding hydrogens is 592 g/mol. The molecule has 234 valence electrons. The summed E-state index contributed by atoms with van der Waals surface area (Å²) in [4.78, 5) is 33.8. The number of carbonyl (C=O) groups is 2. The molecule has 1 fully saturated rings. The summed E-state index contributed by atoms with van der Waals surface area (Å²) < 4.78 is 24.3. The number of nitrogens with zero attached hydrogens (tertiary/aromatic N) is 2. The fraction of sp³-hybridized carbons (Fsp3) is 0.343. The molecular formula is C35H36N2O7S. The molecule has 0 saturated carbocycles. The average molecular weight is 629 g/mol. The predicted octanol–water partition coefficient (Wildman–Crippen LogP) is 7.22. The van der Waals surface area contributed by atoms with Crippen LogP contribution in [0.2, 0.25) is 0 Å². The third kappa shape index (κ3) is 5.82. The summed E-state index contributed by atoms with van der Waals surface area (Å²) in [5.41, 5.74) is 2.59. The van der Waals surface area contributed by atoms with Crippen LogP contribution in [0.15, 0.2) is 60.2 Å². The number of benzene rings is 3. The molecule has 45 heavy (non-hydrogen) atoms. The van der Waals surface area contributed by atoms with Gasteiger partial charge in [0.2, 0.25) is 0 Å². The number of hydrogen-bond acceptors (Lipinski definition) is 9. The first-order valence-corrected chi connectivity index (χ1v) is 16.2. The molecule has 9 nitrogen and oxygen atoms in total. The molecule has 0 bridgehead atoms. The van der Waals surface area contributed by atoms with Crippen LogP contribution in [-0.2, 0) is 16.0 Å². The first-order valence-electron chi connectivity index (χ1n) is 15.4. The number of fused-ring (bicyclic) bond motifs is 2. The highest BCUT2D eigenvalue weighted by Crippen LogP contribution is 2.46. The highest BCUT2D eigenvalue weighted by Gasteiger charge is 2.48. The zero-order valence-corrected chi connectivity index (χ0v) is 26.6. The van der Waals surface area contributed by atoms with Crippen molar-refractivity contribution in [1.82, 2.24) is 4.98 Å². The van der Waals surface area contributed by atoms with Crippen molar-refractivity contribution in [3.8, 4) is 23.0 Å². The second-order valence-corrected chi connectivity index (χ2v) is 12.0. The molecule has 1 saturated heterocycles. The van der Waals surface area contributed by atoms with E-state index in [4.69, 9.17) is 23.9 Å². The molecule has 0 radical (unpaired) electrons. The number of rotatable bonds is 11. The van der Waals surface area contributed by atoms with E-state index < -0.39 is 17.7 Å². The molecule has 1 amide bonds. The fourth-order valence-electron chi connectivity index (χ4n) is 5.73. The third-order valence-corrected chi connectivity index (χ3v) is 8.84. The number of Topliss-reactive ketones (excluding diaryl/α,β-unsaturated/α-hetero) is 1. The highest BCUT2D eigenvalue weighted by atomic mass is 32.1. The number of aliphatic hydroxyl groups excluding tert-OH is 1. The molecule has 4 aromatic rings. The van der Waals surface area contributed by atoms with E-state index in [1.165, 1.54) is 16.2 Å². The number of hydrogen-bond donors (Lipinski definition) is 1. The summed E-state index contributed by atoms with van der Waals surface area (Å²) >= 11 is 1.28. The van der Waals surface area contributed by atoms with Gasteiger partial charge in [-0.1, -0.05) is 30.7 Å². The van der Waals surface area contributed by atoms with Gasteiger partial charge < -0.3 is 24.1 Å². The Morgan fingerprint density at radius 1 is 1.00 bits per heavy atom. The number of amides is 1. The smallest absolute Gasteiger partial charge is 0.301 e. The maximum atomic E-state index is 13.9. The number of ketones is 1. The number of ether oxygens (including phenoxy) is 4. The average Bonchev–Trinajstić information content (AvgIpc) is 3.69. The van der Waals surface area contributed by atoms with Crippen molar-refractivity contribution in [3.63, 3.8) is 0 Å². The van der Waals surface area contributed by atoms with Crippen molar-refractivity contribution in [3.05, 3.63) is 76.9 Å². The van der Waals surface area contributed by atoms with Crippen molar-refractivity contribution in [2.45, 2.75) is 59.1 Å². The molecule has 0 aliphatic carbocycles. The van der Waals surface area contributed by atoms with Gasteiger partial charge in [-0.2, -0.15) is 0 Å². The molecule has 0 unspecified atom stereocenters. The molecule has 1 aromatic heterocycles. The van der Waals surface area contributed by atoms with Crippen LogP contribution >= 0.6 is 11.3 Å². The van der Waals surface area contributed by atoms with Crippen LogP contribution in [0.1, 0.15) is 63.3 Å². The summed E-state index contributed by atoms with van der Waals surface area (Å²) in [6.45, 7) is 9.30. The standard InChI is InChI=1S/C35H36N2O7S/c1-5-8-15-43-27-14-9-21(18-28(27)42-7-3)31-30(32(38)22-10-13-26-23(17-22)16-20(4)44-26)33(39)34(40)37(31)35-36-25-12-11-24(41-6-2)19-29(25)45-35/h9-14,17-20,31,38H,5-8,15-16H2,1-4H3/t20-,31+/m0/s1. The second kappa shape index (κ2) is 12.8. The van der Waals surface area contributed by atoms with E-state index in [0.29, 0.717) is 65.3 Å². The zero-order valence-electron chi connectivity index (χ0n) is 25.8. The first kappa shape index (κ1) is 30.5. The number of aliphatic hydroxyl groups is 1. The van der Waals surface area contributed by atoms with E-state index in [1.54, 1.807) is 30.3 Å². The van der Waals surface area contributed by atoms with Gasteiger partial charge >= 0.3 is 5.91 Å². The van der Waals surface area contributed by atoms with Gasteiger partial charge in [-0.05, 0) is 86.8 Å². The Hall–Kier alpha value is -4.57. The van der Waals surface area contributed by atoms with Crippen LogP contribution in [-0.4, -0.2) is 47.7 Å². The lowest BCUT2D eigenvalue weighted by Crippen LogP contribution is -2.29. The fourth-order valence-corrected chi connectivity index (χ4v) is 6.75. The predicted molar refractivity (Wildman–Crippen MR) is 174 cm³/mol. The van der Waals surface area contributed by atoms with Crippen LogP contribution in [0.4, 0.5) is 5.13 Å². The summed E-state index contributed by atoms with van der Waals surface area (Å²) in [7, 11) is 0. The summed E-state index contributed by atoms with van der Waals surface area (Å²) in [6.07, 6.45) is 2.57. The maximum absolute atomic E-state index is 13.9. The number of anilines is 1. The number of unbranched alkanes of at least 4 members (excludes halogenated alkanes) is 1. The molecule has 10 heteroatoms. The Labute approximate surface area is 266 Å². The lowest BCUT2D eigenvalue weighted by Gasteiger charge is -2.24. The number of aromatic nitrogens is 1. The van der Waals surface area contributed by atoms with E-state index in [9.17, 15) is 14.7 Å². The Balaban J connectivity index is 1.50. The molecule has 3 heterocycles. The first-order chi connectivity index (χ1) is 21.8. The topological polar surface area (TPSA) is 107 Å². The minimum atomic E-state index is -0.968. The Morgan fingerprint density at radius 2 is 1.82 bits per heavy atom. The van der Waals surface area contributed by atoms with Crippen LogP contribution in [0, 0.1) is 0 Å². The Kier molecular flexibility index (Phi) is 8.67. The van der Waals surface area contributed by atoms with E-state index in [1.807, 2.05) is 45.0 Å². The van der Waals surface area contributed by atoms with E-state index in [2.05, 4.69) is 6.92 Å². The second-order valence-electron chi connectivity index (χ2n) is 11.0. The maximum Gasteiger partial charge on any atom is 0.301 e. The van der Waals surface area contributed by atoms with Gasteiger partial charge in [-0.25, -0.2) is 4.98 Å². The van der Waals surface area contributed by atoms with Gasteiger partial charge in [0.15, 0.2) is 16.6 Å². The Morgan fingerprint density at radius 3 is 2.60 bits per heavy atom. The lowest BCUT2D eigenvalue weighted by molar-refractivity contribution is -0.132. The van der Waals surface area contributed by atoms with Crippen molar-refractivity contribution >= 4 is 44.1 Å². The van der Waals surface area contributed by atoms with Gasteiger partial charge in [0, 0.05) is 12.0 Å². The molecule has 0 spiro atoms. The third-order valence-electron chi connectivity index (χ3n) is 7.82. The number of thiazole rings is 1. The van der Waals surface area contributed by atoms with Gasteiger partial charge in [0.05, 0.1) is 41.7 Å². The largest absolute Gasteiger partial charge is 0.507 e. The quantitative estimate of drug-likeness (QED) is 0.0803. The van der Waals surface area contributed by atoms with Crippen LogP contribution < -0.4 is 23.8 Å². The molecule has 6 rings (SSSR count). The SMILES string of the molecule is CCCCOc1ccc([C@@H]2C(=C(O)c3ccc4c(c3)C[C@H](C)O4)C(=O)C(=O)N2c2nc3ccc(OCC)cc3s2)cc1OCC. The Bertz CT molecular complexity index is 1800. The molecule has 2 aliphatic heterocycles. The lowest BCUT2D eigenvalue weighted by atomic mass is 9.94. The van der Waals surface area contributed by atoms with E-state index in [0.717, 1.165) is 28.9 Å². The molecule has 3 aromatic carbocycles. The van der Waals surface area contributed by atoms with Gasteiger partial charge in [-0.3, -0.25) is 14.5 Å². The van der Waals surface area contributed by atoms with E-state index >= 15 is 0 Å². The molecule has 2 atom stereocenters. The van der Waals surface area contributed by atoms with E-state index in [-0.39, 0.29) is 17.4 Å². The molecule has 2 aliphatic rings. The highest BCUT2D eigenvalue weighted by molar-refractivity contribution is 7.22. The molecule has 1 N–H and O–H groups in total. The minimum absolute atomic E-state index is 0.0142. The van der Waals surface area contributed by atoms with Crippen LogP contribution in [0.25, 0.3) is 16.0 Å². The summed E-state index contributed by atoms with van der Waals surface area (Å²) in [6, 6.07) is 15.2. The van der Waals surface area contributed by atoms with Crippen molar-refractivity contribution in [1.29, 1.82) is 0 Å². The van der Waals surface area contributed by atoms with Gasteiger partial charge in [-0.15, -0.1) is 0 Å². The summed E-state index contributed by atoms with van der Waals surface area (Å²) in [5.74, 6) is 0.672. The summed E-state index contributed by atoms with van der Waals surface area (Å²) in [5, 5.41) is 12.1. The monoisotopic (exact) mass is 628 g/mol. The van der Waals surface area contributed by atoms with Gasteiger partial charge in [0.1, 0.15) is 23.4 Å². The minimum Gasteiger partial charge on any atom is -0.507 e. The normalized spacial score (nSPS) is 18.7.